The molecule has 0 radical (unpaired) electrons. The van der Waals surface area contributed by atoms with Gasteiger partial charge in [-0.25, -0.2) is 4.79 Å². The van der Waals surface area contributed by atoms with Gasteiger partial charge in [0.05, 0.1) is 30.7 Å². The summed E-state index contributed by atoms with van der Waals surface area (Å²) >= 11 is 0. The van der Waals surface area contributed by atoms with Crippen LogP contribution in [-0.4, -0.2) is 225 Å². The van der Waals surface area contributed by atoms with Crippen LogP contribution in [0.5, 0.6) is 0 Å². The van der Waals surface area contributed by atoms with Crippen molar-refractivity contribution in [1.82, 2.24) is 53.2 Å². The number of guanidine groups is 2. The molecule has 38 nitrogen and oxygen atoms in total. The van der Waals surface area contributed by atoms with Crippen molar-refractivity contribution in [3.63, 3.8) is 0 Å². The summed E-state index contributed by atoms with van der Waals surface area (Å²) in [6.45, 7) is 9.30. The highest BCUT2D eigenvalue weighted by Crippen LogP contribution is 2.25. The summed E-state index contributed by atoms with van der Waals surface area (Å²) in [7, 11) is 0. The number of rotatable bonds is 46. The van der Waals surface area contributed by atoms with Crippen molar-refractivity contribution >= 4 is 94.9 Å². The van der Waals surface area contributed by atoms with Crippen LogP contribution in [0.1, 0.15) is 151 Å². The van der Waals surface area contributed by atoms with E-state index in [1.165, 1.54) is 13.8 Å². The number of carbonyl (C=O) groups excluding carboxylic acids is 10. The number of aliphatic carboxylic acids is 4. The van der Waals surface area contributed by atoms with Crippen LogP contribution in [0, 0.1) is 5.92 Å². The van der Waals surface area contributed by atoms with Gasteiger partial charge in [-0.15, -0.1) is 0 Å². The molecule has 0 bridgehead atoms. The maximum absolute atomic E-state index is 14.2. The van der Waals surface area contributed by atoms with E-state index in [1.807, 2.05) is 0 Å². The summed E-state index contributed by atoms with van der Waals surface area (Å²) in [5.41, 5.74) is 32.7. The normalized spacial score (nSPS) is 18.1. The fourth-order valence-electron chi connectivity index (χ4n) is 9.49. The third kappa shape index (κ3) is 32.6. The van der Waals surface area contributed by atoms with Crippen LogP contribution in [0.3, 0.4) is 0 Å². The highest BCUT2D eigenvalue weighted by Gasteiger charge is 2.41. The first-order valence-electron chi connectivity index (χ1n) is 31.4. The highest BCUT2D eigenvalue weighted by molar-refractivity contribution is 5.99. The Balaban J connectivity index is 3.41. The first-order chi connectivity index (χ1) is 44.6. The number of unbranched alkanes of at least 4 members (excludes halogenated alkanes) is 1. The number of carboxylic acid groups (broad SMARTS) is 4. The van der Waals surface area contributed by atoms with Crippen molar-refractivity contribution < 1.29 is 97.4 Å². The molecule has 1 rings (SSSR count). The van der Waals surface area contributed by atoms with Crippen LogP contribution >= 0.6 is 0 Å². The number of ether oxygens (including phenoxy) is 1. The molecule has 1 fully saturated rings. The van der Waals surface area contributed by atoms with Gasteiger partial charge in [0.15, 0.2) is 11.9 Å². The van der Waals surface area contributed by atoms with Crippen LogP contribution in [-0.2, 0) is 71.9 Å². The first-order valence-corrected chi connectivity index (χ1v) is 31.4. The van der Waals surface area contributed by atoms with Gasteiger partial charge in [-0.2, -0.15) is 0 Å². The van der Waals surface area contributed by atoms with Crippen molar-refractivity contribution in [3.05, 3.63) is 0 Å². The third-order valence-corrected chi connectivity index (χ3v) is 15.0. The van der Waals surface area contributed by atoms with E-state index in [2.05, 4.69) is 63.2 Å². The van der Waals surface area contributed by atoms with E-state index in [1.54, 1.807) is 20.8 Å². The number of nitrogens with two attached hydrogens (primary N) is 6. The van der Waals surface area contributed by atoms with Gasteiger partial charge < -0.3 is 118 Å². The fourth-order valence-corrected chi connectivity index (χ4v) is 9.49. The summed E-state index contributed by atoms with van der Waals surface area (Å²) in [6, 6.07) is -16.0. The predicted molar refractivity (Wildman–Crippen MR) is 339 cm³/mol. The minimum Gasteiger partial charge on any atom is -0.481 e. The molecular weight excluding hydrogens is 1260 g/mol. The van der Waals surface area contributed by atoms with Crippen LogP contribution in [0.25, 0.3) is 0 Å². The molecule has 1 aliphatic rings. The summed E-state index contributed by atoms with van der Waals surface area (Å²) in [5.74, 6) is -17.0. The molecule has 0 unspecified atom stereocenters. The van der Waals surface area contributed by atoms with Gasteiger partial charge in [0.1, 0.15) is 60.5 Å². The smallest absolute Gasteiger partial charge is 0.326 e. The number of aliphatic hydroxyl groups is 1. The van der Waals surface area contributed by atoms with E-state index < -0.39 is 206 Å². The summed E-state index contributed by atoms with van der Waals surface area (Å²) in [4.78, 5) is 192. The monoisotopic (exact) mass is 1360 g/mol. The maximum Gasteiger partial charge on any atom is 0.326 e. The van der Waals surface area contributed by atoms with Gasteiger partial charge in [0.25, 0.3) is 0 Å². The molecule has 1 aliphatic heterocycles. The zero-order valence-electron chi connectivity index (χ0n) is 54.5. The van der Waals surface area contributed by atoms with Gasteiger partial charge >= 0.3 is 23.9 Å². The van der Waals surface area contributed by atoms with Gasteiger partial charge in [0.2, 0.25) is 59.1 Å². The molecule has 38 heteroatoms. The highest BCUT2D eigenvalue weighted by atomic mass is 16.5. The largest absolute Gasteiger partial charge is 0.481 e. The number of aliphatic imine (C=N–C) groups is 2. The number of hydrogen-bond donors (Lipinski definition) is 21. The molecule has 27 N–H and O–H groups in total. The minimum absolute atomic E-state index is 0.0272. The molecule has 1 heterocycles. The Labute approximate surface area is 549 Å². The van der Waals surface area contributed by atoms with E-state index in [4.69, 9.17) is 39.1 Å². The number of carbonyl (C=O) groups is 14. The number of hydrogen-bond acceptors (Lipinski definition) is 20. The number of amides is 10. The number of nitrogens with one attached hydrogen (secondary N) is 10. The summed E-state index contributed by atoms with van der Waals surface area (Å²) in [6.07, 6.45) is -6.02. The van der Waals surface area contributed by atoms with Crippen molar-refractivity contribution in [2.45, 2.75) is 235 Å². The van der Waals surface area contributed by atoms with Crippen LogP contribution in [0.15, 0.2) is 9.98 Å². The average Bonchev–Trinajstić information content (AvgIpc) is 0.885. The minimum atomic E-state index is -1.98. The Morgan fingerprint density at radius 2 is 0.958 bits per heavy atom. The Morgan fingerprint density at radius 3 is 1.42 bits per heavy atom. The number of carboxylic acids is 4. The van der Waals surface area contributed by atoms with Crippen LogP contribution in [0.4, 0.5) is 0 Å². The standard InChI is InChI=1S/C57H100N18O20/c1-7-13-38-31(67-53(91)43(27(3)8-2)74-54(92)44(30(6)76)75-50(88)32(14-9-10-23-58)68-45(83)28(4)59)17-20-39(95-38)52(90)73-37(26-42(81)82)51(89)71-35(19-22-41(79)80)49(87)70-34(18-21-40(77)78)47(85)66-29(5)46(84)69-33(15-11-24-64-56(60)61)48(86)72-36(55(93)94)16-12-25-65-57(62)63/h27-39,43-44,76H,7-26,58-59H2,1-6H3,(H,66,85)(H,67,91)(H,68,83)(H,69,84)(H,70,87)(H,71,89)(H,72,86)(H,73,90)(H,74,92)(H,75,88)(H,77,78)(H,79,80)(H,81,82)(H,93,94)(H4,60,61,64)(H4,62,63,65)/t27-,28-,29-,30+,31+,32-,33-,34-,35-,36-,37-,38+,39-,43-,44-/m0/s1. The Bertz CT molecular complexity index is 2680. The van der Waals surface area contributed by atoms with Crippen molar-refractivity contribution in [1.29, 1.82) is 0 Å². The zero-order chi connectivity index (χ0) is 72.2. The lowest BCUT2D eigenvalue weighted by Crippen LogP contribution is -2.62. The van der Waals surface area contributed by atoms with E-state index in [0.29, 0.717) is 32.2 Å². The van der Waals surface area contributed by atoms with E-state index >= 15 is 0 Å². The molecule has 10 amide bonds. The molecule has 15 atom stereocenters. The average molecular weight is 1360 g/mol. The lowest BCUT2D eigenvalue weighted by Gasteiger charge is -2.38. The topological polar surface area (TPSA) is 650 Å². The second-order valence-electron chi connectivity index (χ2n) is 23.1. The molecule has 1 saturated heterocycles. The van der Waals surface area contributed by atoms with Crippen molar-refractivity contribution in [3.8, 4) is 0 Å². The molecule has 0 spiro atoms. The van der Waals surface area contributed by atoms with Gasteiger partial charge in [0, 0.05) is 25.9 Å². The molecular formula is C57H100N18O20. The third-order valence-electron chi connectivity index (χ3n) is 15.0. The predicted octanol–water partition coefficient (Wildman–Crippen LogP) is -6.50. The molecule has 0 aromatic heterocycles. The van der Waals surface area contributed by atoms with Crippen molar-refractivity contribution in [2.75, 3.05) is 19.6 Å². The van der Waals surface area contributed by atoms with Gasteiger partial charge in [-0.1, -0.05) is 33.6 Å². The molecule has 0 aromatic carbocycles. The maximum atomic E-state index is 14.2. The van der Waals surface area contributed by atoms with Crippen LogP contribution < -0.4 is 87.6 Å². The van der Waals surface area contributed by atoms with Gasteiger partial charge in [-0.05, 0) is 110 Å². The SMILES string of the molecule is CCC[C@H]1O[C@H](C(=O)N[C@@H](CC(=O)O)C(=O)N[C@@H](CCC(=O)O)C(=O)N[C@@H](CCC(=O)O)C(=O)N[C@@H](C)C(=O)N[C@@H](CCCN=C(N)N)C(=O)N[C@@H](CCCN=C(N)N)C(=O)O)CC[C@H]1NC(=O)[C@@H](NC(=O)[C@@H](NC(=O)[C@H](CCCCN)NC(=O)[C@H](C)N)[C@@H](C)O)[C@@H](C)CC. The molecule has 0 saturated carbocycles. The molecule has 538 valence electrons. The molecule has 0 aromatic rings. The second-order valence-corrected chi connectivity index (χ2v) is 23.1. The van der Waals surface area contributed by atoms with Crippen LogP contribution in [0.2, 0.25) is 0 Å². The summed E-state index contributed by atoms with van der Waals surface area (Å²) in [5, 5.41) is 73.8. The van der Waals surface area contributed by atoms with E-state index in [9.17, 15) is 92.7 Å². The quantitative estimate of drug-likeness (QED) is 0.0153. The molecule has 95 heavy (non-hydrogen) atoms. The van der Waals surface area contributed by atoms with E-state index in [0.717, 1.165) is 6.92 Å². The number of aliphatic hydroxyl groups excluding tert-OH is 1. The summed E-state index contributed by atoms with van der Waals surface area (Å²) < 4.78 is 6.17. The number of nitrogens with zero attached hydrogens (tertiary/aromatic N) is 2. The Hall–Kier alpha value is -9.04. The first kappa shape index (κ1) is 84.0. The van der Waals surface area contributed by atoms with Crippen molar-refractivity contribution in [2.24, 2.45) is 50.3 Å². The fraction of sp³-hybridized carbons (Fsp3) is 0.719. The Morgan fingerprint density at radius 1 is 0.505 bits per heavy atom. The van der Waals surface area contributed by atoms with E-state index in [-0.39, 0.29) is 76.4 Å². The molecule has 0 aliphatic carbocycles. The lowest BCUT2D eigenvalue weighted by atomic mass is 9.93. The second kappa shape index (κ2) is 43.8. The zero-order valence-corrected chi connectivity index (χ0v) is 54.5. The van der Waals surface area contributed by atoms with Gasteiger partial charge in [-0.3, -0.25) is 72.3 Å². The Kier molecular flexibility index (Phi) is 38.7. The lowest BCUT2D eigenvalue weighted by molar-refractivity contribution is -0.149.